The average molecular weight is 330 g/mol. The van der Waals surface area contributed by atoms with E-state index in [9.17, 15) is 4.79 Å². The molecule has 0 aromatic heterocycles. The third-order valence-electron chi connectivity index (χ3n) is 4.89. The topological polar surface area (TPSA) is 44.8 Å². The highest BCUT2D eigenvalue weighted by Gasteiger charge is 2.61. The number of hydrogen-bond acceptors (Lipinski definition) is 4. The minimum absolute atomic E-state index is 0.128. The lowest BCUT2D eigenvalue weighted by Gasteiger charge is -2.45. The molecule has 1 aliphatic carbocycles. The summed E-state index contributed by atoms with van der Waals surface area (Å²) in [6, 6.07) is 10.1. The number of rotatable bonds is 4. The molecule has 0 unspecified atom stereocenters. The summed E-state index contributed by atoms with van der Waals surface area (Å²) in [6.07, 6.45) is 3.69. The van der Waals surface area contributed by atoms with Crippen molar-refractivity contribution in [2.75, 3.05) is 6.61 Å². The van der Waals surface area contributed by atoms with Gasteiger partial charge in [-0.05, 0) is 31.6 Å². The largest absolute Gasteiger partial charge is 0.374 e. The van der Waals surface area contributed by atoms with Crippen LogP contribution >= 0.6 is 0 Å². The van der Waals surface area contributed by atoms with Gasteiger partial charge in [0.05, 0.1) is 13.2 Å². The fourth-order valence-corrected chi connectivity index (χ4v) is 3.73. The Morgan fingerprint density at radius 2 is 1.88 bits per heavy atom. The minimum Gasteiger partial charge on any atom is -0.374 e. The van der Waals surface area contributed by atoms with Crippen LogP contribution in [0.1, 0.15) is 39.7 Å². The summed E-state index contributed by atoms with van der Waals surface area (Å²) in [7, 11) is 0. The maximum atomic E-state index is 11.9. The molecule has 2 atom stereocenters. The Labute approximate surface area is 143 Å². The molecular formula is C20H26O4. The fraction of sp³-hybridized carbons (Fsp3) is 0.550. The quantitative estimate of drug-likeness (QED) is 0.845. The van der Waals surface area contributed by atoms with Crippen molar-refractivity contribution >= 4 is 5.78 Å². The van der Waals surface area contributed by atoms with E-state index in [4.69, 9.17) is 14.2 Å². The SMILES string of the molecule is CC1(C)O[C@H](COCc2ccccc2)[C@@]2(C=CC(=O)CC2(C)C)O1. The van der Waals surface area contributed by atoms with Crippen molar-refractivity contribution in [2.45, 2.75) is 58.2 Å². The molecule has 1 fully saturated rings. The van der Waals surface area contributed by atoms with Crippen molar-refractivity contribution in [2.24, 2.45) is 5.41 Å². The second-order valence-corrected chi connectivity index (χ2v) is 7.76. The first-order chi connectivity index (χ1) is 11.2. The Morgan fingerprint density at radius 3 is 2.54 bits per heavy atom. The Hall–Kier alpha value is -1.49. The van der Waals surface area contributed by atoms with Crippen molar-refractivity contribution in [3.05, 3.63) is 48.0 Å². The second kappa shape index (κ2) is 6.10. The van der Waals surface area contributed by atoms with Crippen LogP contribution in [0.5, 0.6) is 0 Å². The summed E-state index contributed by atoms with van der Waals surface area (Å²) in [6.45, 7) is 8.88. The van der Waals surface area contributed by atoms with E-state index in [0.717, 1.165) is 5.56 Å². The number of carbonyl (C=O) groups excluding carboxylic acids is 1. The molecule has 0 bridgehead atoms. The highest BCUT2D eigenvalue weighted by atomic mass is 16.8. The Kier molecular flexibility index (Phi) is 4.41. The van der Waals surface area contributed by atoms with Gasteiger partial charge < -0.3 is 14.2 Å². The normalized spacial score (nSPS) is 30.8. The van der Waals surface area contributed by atoms with Crippen LogP contribution in [0.4, 0.5) is 0 Å². The molecule has 130 valence electrons. The van der Waals surface area contributed by atoms with E-state index >= 15 is 0 Å². The monoisotopic (exact) mass is 330 g/mol. The molecule has 1 aliphatic heterocycles. The van der Waals surface area contributed by atoms with Crippen LogP contribution in [0.15, 0.2) is 42.5 Å². The van der Waals surface area contributed by atoms with Crippen molar-refractivity contribution in [3.8, 4) is 0 Å². The number of carbonyl (C=O) groups is 1. The van der Waals surface area contributed by atoms with Gasteiger partial charge in [0.2, 0.25) is 0 Å². The van der Waals surface area contributed by atoms with Gasteiger partial charge in [-0.15, -0.1) is 0 Å². The second-order valence-electron chi connectivity index (χ2n) is 7.76. The average Bonchev–Trinajstić information content (AvgIpc) is 2.76. The Balaban J connectivity index is 1.77. The first-order valence-electron chi connectivity index (χ1n) is 8.46. The van der Waals surface area contributed by atoms with Crippen LogP contribution in [0.2, 0.25) is 0 Å². The molecule has 1 saturated heterocycles. The van der Waals surface area contributed by atoms with Crippen LogP contribution in [-0.4, -0.2) is 29.9 Å². The predicted octanol–water partition coefficient (Wildman–Crippen LogP) is 3.65. The van der Waals surface area contributed by atoms with E-state index in [1.54, 1.807) is 6.08 Å². The van der Waals surface area contributed by atoms with E-state index in [0.29, 0.717) is 19.6 Å². The molecule has 0 saturated carbocycles. The molecule has 3 rings (SSSR count). The van der Waals surface area contributed by atoms with Gasteiger partial charge in [-0.1, -0.05) is 44.2 Å². The number of hydrogen-bond donors (Lipinski definition) is 0. The molecule has 0 amide bonds. The molecule has 1 aromatic carbocycles. The first-order valence-corrected chi connectivity index (χ1v) is 8.46. The Morgan fingerprint density at radius 1 is 1.17 bits per heavy atom. The standard InChI is InChI=1S/C20H26O4/c1-18(2)12-16(21)10-11-20(18)17(23-19(3,4)24-20)14-22-13-15-8-6-5-7-9-15/h5-11,17H,12-14H2,1-4H3/t17-,20-/m1/s1. The van der Waals surface area contributed by atoms with Gasteiger partial charge in [0.1, 0.15) is 11.7 Å². The zero-order chi connectivity index (χ0) is 17.4. The van der Waals surface area contributed by atoms with Gasteiger partial charge in [0.25, 0.3) is 0 Å². The summed E-state index contributed by atoms with van der Waals surface area (Å²) in [5, 5.41) is 0. The molecule has 1 heterocycles. The maximum absolute atomic E-state index is 11.9. The van der Waals surface area contributed by atoms with Gasteiger partial charge in [0, 0.05) is 11.8 Å². The van der Waals surface area contributed by atoms with E-state index in [1.165, 1.54) is 0 Å². The van der Waals surface area contributed by atoms with E-state index in [-0.39, 0.29) is 17.3 Å². The first kappa shape index (κ1) is 17.3. The lowest BCUT2D eigenvalue weighted by atomic mass is 9.66. The molecule has 2 aliphatic rings. The van der Waals surface area contributed by atoms with Crippen LogP contribution < -0.4 is 0 Å². The van der Waals surface area contributed by atoms with Crippen LogP contribution in [0.25, 0.3) is 0 Å². The lowest BCUT2D eigenvalue weighted by molar-refractivity contribution is -0.176. The fourth-order valence-electron chi connectivity index (χ4n) is 3.73. The van der Waals surface area contributed by atoms with Crippen LogP contribution in [0, 0.1) is 5.41 Å². The zero-order valence-electron chi connectivity index (χ0n) is 14.9. The van der Waals surface area contributed by atoms with Crippen LogP contribution in [-0.2, 0) is 25.6 Å². The molecule has 1 spiro atoms. The third-order valence-corrected chi connectivity index (χ3v) is 4.89. The van der Waals surface area contributed by atoms with E-state index in [2.05, 4.69) is 13.8 Å². The van der Waals surface area contributed by atoms with E-state index < -0.39 is 11.4 Å². The number of benzene rings is 1. The number of ether oxygens (including phenoxy) is 3. The van der Waals surface area contributed by atoms with Gasteiger partial charge in [-0.25, -0.2) is 0 Å². The van der Waals surface area contributed by atoms with Crippen LogP contribution in [0.3, 0.4) is 0 Å². The molecule has 4 nitrogen and oxygen atoms in total. The lowest BCUT2D eigenvalue weighted by Crippen LogP contribution is -2.55. The summed E-state index contributed by atoms with van der Waals surface area (Å²) in [4.78, 5) is 11.9. The summed E-state index contributed by atoms with van der Waals surface area (Å²) in [5.41, 5.74) is 0.118. The van der Waals surface area contributed by atoms with Crippen molar-refractivity contribution in [3.63, 3.8) is 0 Å². The van der Waals surface area contributed by atoms with E-state index in [1.807, 2.05) is 50.3 Å². The summed E-state index contributed by atoms with van der Waals surface area (Å²) >= 11 is 0. The van der Waals surface area contributed by atoms with Gasteiger partial charge in [0.15, 0.2) is 11.6 Å². The van der Waals surface area contributed by atoms with Gasteiger partial charge >= 0.3 is 0 Å². The minimum atomic E-state index is -0.706. The maximum Gasteiger partial charge on any atom is 0.164 e. The third kappa shape index (κ3) is 3.18. The van der Waals surface area contributed by atoms with Gasteiger partial charge in [-0.3, -0.25) is 4.79 Å². The molecule has 24 heavy (non-hydrogen) atoms. The molecule has 4 heteroatoms. The van der Waals surface area contributed by atoms with Gasteiger partial charge in [-0.2, -0.15) is 0 Å². The zero-order valence-corrected chi connectivity index (χ0v) is 14.9. The molecule has 0 N–H and O–H groups in total. The summed E-state index contributed by atoms with van der Waals surface area (Å²) in [5.74, 6) is -0.578. The smallest absolute Gasteiger partial charge is 0.164 e. The molecular weight excluding hydrogens is 304 g/mol. The van der Waals surface area contributed by atoms with Crippen molar-refractivity contribution in [1.29, 1.82) is 0 Å². The number of ketones is 1. The molecule has 1 aromatic rings. The number of allylic oxidation sites excluding steroid dienone is 1. The van der Waals surface area contributed by atoms with Crippen molar-refractivity contribution in [1.82, 2.24) is 0 Å². The summed E-state index contributed by atoms with van der Waals surface area (Å²) < 4.78 is 18.4. The highest BCUT2D eigenvalue weighted by molar-refractivity contribution is 5.91. The highest BCUT2D eigenvalue weighted by Crippen LogP contribution is 2.51. The Bertz CT molecular complexity index is 632. The van der Waals surface area contributed by atoms with Crippen molar-refractivity contribution < 1.29 is 19.0 Å². The molecule has 0 radical (unpaired) electrons. The predicted molar refractivity (Wildman–Crippen MR) is 91.4 cm³/mol.